The van der Waals surface area contributed by atoms with Crippen molar-refractivity contribution in [2.45, 2.75) is 25.5 Å². The lowest BCUT2D eigenvalue weighted by atomic mass is 10.0. The number of rotatable bonds is 4. The van der Waals surface area contributed by atoms with Crippen molar-refractivity contribution >= 4 is 28.5 Å². The molecule has 6 heteroatoms. The topological polar surface area (TPSA) is 70.7 Å². The Labute approximate surface area is 150 Å². The third-order valence-corrected chi connectivity index (χ3v) is 5.05. The van der Waals surface area contributed by atoms with Crippen LogP contribution in [-0.2, 0) is 11.4 Å². The highest BCUT2D eigenvalue weighted by atomic mass is 32.2. The van der Waals surface area contributed by atoms with Crippen LogP contribution < -0.4 is 4.74 Å². The molecular weight excluding hydrogens is 336 g/mol. The Morgan fingerprint density at radius 1 is 1.20 bits per heavy atom. The van der Waals surface area contributed by atoms with Crippen molar-refractivity contribution in [1.29, 1.82) is 0 Å². The molecule has 0 fully saturated rings. The molecule has 2 aromatic carbocycles. The minimum atomic E-state index is -1.34. The van der Waals surface area contributed by atoms with Gasteiger partial charge >= 0.3 is 0 Å². The largest absolute Gasteiger partial charge is 0.591 e. The van der Waals surface area contributed by atoms with E-state index in [0.717, 1.165) is 27.8 Å². The Hall–Kier alpha value is -2.31. The van der Waals surface area contributed by atoms with Gasteiger partial charge in [0.25, 0.3) is 0 Å². The quantitative estimate of drug-likeness (QED) is 0.513. The van der Waals surface area contributed by atoms with Gasteiger partial charge in [-0.1, -0.05) is 21.7 Å². The fourth-order valence-electron chi connectivity index (χ4n) is 2.33. The van der Waals surface area contributed by atoms with Gasteiger partial charge in [0.1, 0.15) is 27.6 Å². The van der Waals surface area contributed by atoms with Crippen molar-refractivity contribution in [1.82, 2.24) is 5.16 Å². The molecule has 5 nitrogen and oxygen atoms in total. The van der Waals surface area contributed by atoms with Gasteiger partial charge in [-0.2, -0.15) is 0 Å². The molecule has 0 bridgehead atoms. The number of hydrogen-bond donors (Lipinski definition) is 0. The first-order chi connectivity index (χ1) is 11.9. The molecule has 0 saturated carbocycles. The molecule has 1 heterocycles. The summed E-state index contributed by atoms with van der Waals surface area (Å²) in [6.07, 6.45) is 1.61. The summed E-state index contributed by atoms with van der Waals surface area (Å²) in [5, 5.41) is 5.12. The van der Waals surface area contributed by atoms with Crippen molar-refractivity contribution in [3.63, 3.8) is 0 Å². The zero-order valence-electron chi connectivity index (χ0n) is 14.6. The molecule has 0 radical (unpaired) electrons. The summed E-state index contributed by atoms with van der Waals surface area (Å²) >= 11 is -1.34. The Kier molecular flexibility index (Phi) is 4.83. The zero-order valence-corrected chi connectivity index (χ0v) is 15.5. The summed E-state index contributed by atoms with van der Waals surface area (Å²) in [5.74, 6) is 0.694. The highest BCUT2D eigenvalue weighted by molar-refractivity contribution is 7.91. The minimum Gasteiger partial charge on any atom is -0.591 e. The first-order valence-electron chi connectivity index (χ1n) is 7.89. The van der Waals surface area contributed by atoms with Crippen molar-refractivity contribution in [2.75, 3.05) is 7.11 Å². The maximum Gasteiger partial charge on any atom is 0.167 e. The summed E-state index contributed by atoms with van der Waals surface area (Å²) in [6, 6.07) is 13.3. The highest BCUT2D eigenvalue weighted by Crippen LogP contribution is 2.32. The Balaban J connectivity index is 2.09. The molecule has 1 aromatic heterocycles. The number of hydrogen-bond acceptors (Lipinski definition) is 5. The van der Waals surface area contributed by atoms with Gasteiger partial charge in [0.2, 0.25) is 0 Å². The van der Waals surface area contributed by atoms with Gasteiger partial charge in [-0.15, -0.1) is 0 Å². The number of benzene rings is 2. The van der Waals surface area contributed by atoms with E-state index in [1.165, 1.54) is 0 Å². The maximum atomic E-state index is 12.3. The third-order valence-electron chi connectivity index (χ3n) is 3.70. The van der Waals surface area contributed by atoms with E-state index in [1.807, 2.05) is 63.2 Å². The molecule has 1 unspecified atom stereocenters. The molecule has 25 heavy (non-hydrogen) atoms. The number of para-hydroxylation sites is 1. The van der Waals surface area contributed by atoms with Crippen LogP contribution >= 0.6 is 0 Å². The molecule has 130 valence electrons. The lowest BCUT2D eigenvalue weighted by molar-refractivity contribution is 0.414. The Morgan fingerprint density at radius 3 is 2.68 bits per heavy atom. The number of ether oxygens (including phenoxy) is 1. The van der Waals surface area contributed by atoms with Gasteiger partial charge in [-0.3, -0.25) is 0 Å². The number of nitrogens with zero attached hydrogens (tertiary/aromatic N) is 2. The fourth-order valence-corrected chi connectivity index (χ4v) is 2.86. The van der Waals surface area contributed by atoms with Crippen molar-refractivity contribution in [3.05, 3.63) is 48.0 Å². The van der Waals surface area contributed by atoms with Gasteiger partial charge in [0.15, 0.2) is 5.58 Å². The Bertz CT molecular complexity index is 912. The van der Waals surface area contributed by atoms with Crippen LogP contribution in [0.5, 0.6) is 5.75 Å². The first-order valence-corrected chi connectivity index (χ1v) is 9.00. The predicted octanol–water partition coefficient (Wildman–Crippen LogP) is 4.38. The van der Waals surface area contributed by atoms with E-state index in [2.05, 4.69) is 9.55 Å². The predicted molar refractivity (Wildman–Crippen MR) is 101 cm³/mol. The average Bonchev–Trinajstić information content (AvgIpc) is 3.02. The Morgan fingerprint density at radius 2 is 1.96 bits per heavy atom. The van der Waals surface area contributed by atoms with E-state index in [0.29, 0.717) is 5.75 Å². The molecule has 3 aromatic rings. The molecule has 3 rings (SSSR count). The van der Waals surface area contributed by atoms with E-state index in [-0.39, 0.29) is 0 Å². The van der Waals surface area contributed by atoms with Gasteiger partial charge in [0.05, 0.1) is 13.3 Å². The van der Waals surface area contributed by atoms with Crippen molar-refractivity contribution in [2.24, 2.45) is 4.40 Å². The number of methoxy groups -OCH3 is 1. The van der Waals surface area contributed by atoms with Crippen molar-refractivity contribution in [3.8, 4) is 17.0 Å². The minimum absolute atomic E-state index is 0.421. The second-order valence-electron chi connectivity index (χ2n) is 6.58. The summed E-state index contributed by atoms with van der Waals surface area (Å²) < 4.78 is 26.8. The molecule has 0 aliphatic rings. The van der Waals surface area contributed by atoms with Gasteiger partial charge < -0.3 is 13.8 Å². The van der Waals surface area contributed by atoms with Crippen LogP contribution in [0.25, 0.3) is 22.2 Å². The smallest absolute Gasteiger partial charge is 0.167 e. The van der Waals surface area contributed by atoms with Gasteiger partial charge in [-0.05, 0) is 51.1 Å². The van der Waals surface area contributed by atoms with Crippen LogP contribution in [0.2, 0.25) is 0 Å². The third kappa shape index (κ3) is 3.70. The van der Waals surface area contributed by atoms with E-state index in [1.54, 1.807) is 13.3 Å². The summed E-state index contributed by atoms with van der Waals surface area (Å²) in [7, 11) is 1.61. The van der Waals surface area contributed by atoms with Crippen LogP contribution in [0.15, 0.2) is 51.4 Å². The van der Waals surface area contributed by atoms with Gasteiger partial charge in [0, 0.05) is 16.5 Å². The number of fused-ring (bicyclic) bond motifs is 1. The lowest BCUT2D eigenvalue weighted by Gasteiger charge is -2.17. The summed E-state index contributed by atoms with van der Waals surface area (Å²) in [6.45, 7) is 5.66. The van der Waals surface area contributed by atoms with Crippen LogP contribution in [0.4, 0.5) is 0 Å². The summed E-state index contributed by atoms with van der Waals surface area (Å²) in [4.78, 5) is 0. The van der Waals surface area contributed by atoms with Crippen LogP contribution in [0.1, 0.15) is 26.3 Å². The first kappa shape index (κ1) is 17.5. The SMILES string of the molecule is COc1ccc(-c2noc3ccccc23)c(C=N[S+]([O-])C(C)(C)C)c1. The second-order valence-corrected chi connectivity index (χ2v) is 8.51. The average molecular weight is 356 g/mol. The van der Waals surface area contributed by atoms with Gasteiger partial charge in [-0.25, -0.2) is 0 Å². The maximum absolute atomic E-state index is 12.3. The lowest BCUT2D eigenvalue weighted by Crippen LogP contribution is -2.25. The molecule has 0 aliphatic carbocycles. The van der Waals surface area contributed by atoms with Crippen molar-refractivity contribution < 1.29 is 13.8 Å². The normalized spacial score (nSPS) is 13.5. The fraction of sp³-hybridized carbons (Fsp3) is 0.263. The second kappa shape index (κ2) is 6.90. The number of aromatic nitrogens is 1. The standard InChI is InChI=1S/C19H20N2O3S/c1-19(2,3)25(22)20-12-13-11-14(23-4)9-10-15(13)18-16-7-5-6-8-17(16)24-21-18/h5-12H,1-4H3. The van der Waals surface area contributed by atoms with Crippen LogP contribution in [-0.4, -0.2) is 27.8 Å². The monoisotopic (exact) mass is 356 g/mol. The summed E-state index contributed by atoms with van der Waals surface area (Å²) in [5.41, 5.74) is 3.06. The molecule has 1 atom stereocenters. The van der Waals surface area contributed by atoms with E-state index in [4.69, 9.17) is 9.26 Å². The van der Waals surface area contributed by atoms with Crippen LogP contribution in [0, 0.1) is 0 Å². The molecular formula is C19H20N2O3S. The molecule has 0 aliphatic heterocycles. The van der Waals surface area contributed by atoms with Crippen LogP contribution in [0.3, 0.4) is 0 Å². The molecule has 0 saturated heterocycles. The highest BCUT2D eigenvalue weighted by Gasteiger charge is 2.26. The molecule has 0 N–H and O–H groups in total. The van der Waals surface area contributed by atoms with E-state index < -0.39 is 16.1 Å². The zero-order chi connectivity index (χ0) is 18.0. The van der Waals surface area contributed by atoms with E-state index >= 15 is 0 Å². The molecule has 0 spiro atoms. The molecule has 0 amide bonds. The van der Waals surface area contributed by atoms with E-state index in [9.17, 15) is 4.55 Å².